The highest BCUT2D eigenvalue weighted by Crippen LogP contribution is 2.30. The van der Waals surface area contributed by atoms with Gasteiger partial charge in [-0.15, -0.1) is 0 Å². The molecular weight excluding hydrogens is 448 g/mol. The fourth-order valence-corrected chi connectivity index (χ4v) is 3.65. The first-order chi connectivity index (χ1) is 13.1. The fourth-order valence-electron chi connectivity index (χ4n) is 2.44. The number of hydrogen-bond donors (Lipinski definition) is 1. The molecule has 3 aromatic rings. The summed E-state index contributed by atoms with van der Waals surface area (Å²) in [5, 5.41) is 3.98. The van der Waals surface area contributed by atoms with Crippen LogP contribution in [0.1, 0.15) is 5.76 Å². The predicted octanol–water partition coefficient (Wildman–Crippen LogP) is 6.25. The Morgan fingerprint density at radius 1 is 1.04 bits per heavy atom. The molecule has 0 saturated carbocycles. The van der Waals surface area contributed by atoms with Crippen molar-refractivity contribution >= 4 is 62.1 Å². The Balaban J connectivity index is 1.53. The van der Waals surface area contributed by atoms with Gasteiger partial charge in [-0.05, 0) is 72.4 Å². The van der Waals surface area contributed by atoms with Gasteiger partial charge in [0.1, 0.15) is 11.5 Å². The van der Waals surface area contributed by atoms with Crippen LogP contribution in [0.3, 0.4) is 0 Å². The minimum atomic E-state index is -0.194. The summed E-state index contributed by atoms with van der Waals surface area (Å²) in [7, 11) is 0. The van der Waals surface area contributed by atoms with Gasteiger partial charge in [-0.1, -0.05) is 27.5 Å². The lowest BCUT2D eigenvalue weighted by molar-refractivity contribution is -0.115. The van der Waals surface area contributed by atoms with Crippen LogP contribution in [-0.2, 0) is 4.79 Å². The second kappa shape index (κ2) is 7.76. The zero-order chi connectivity index (χ0) is 18.8. The van der Waals surface area contributed by atoms with Crippen LogP contribution in [0.5, 0.6) is 0 Å². The molecule has 7 heteroatoms. The summed E-state index contributed by atoms with van der Waals surface area (Å²) in [5.41, 5.74) is 1.69. The molecule has 1 amide bonds. The Morgan fingerprint density at radius 2 is 1.78 bits per heavy atom. The minimum absolute atomic E-state index is 0.194. The summed E-state index contributed by atoms with van der Waals surface area (Å²) < 4.78 is 6.80. The Morgan fingerprint density at radius 3 is 2.52 bits per heavy atom. The van der Waals surface area contributed by atoms with E-state index in [0.29, 0.717) is 26.6 Å². The molecule has 2 aromatic carbocycles. The monoisotopic (exact) mass is 458 g/mol. The number of hydrogen-bond acceptors (Lipinski definition) is 4. The Labute approximate surface area is 173 Å². The molecule has 0 bridgehead atoms. The topological polar surface area (TPSA) is 54.6 Å². The molecule has 2 heterocycles. The second-order valence-electron chi connectivity index (χ2n) is 5.67. The van der Waals surface area contributed by atoms with E-state index in [0.717, 1.165) is 15.7 Å². The lowest BCUT2D eigenvalue weighted by atomic mass is 10.2. The maximum Gasteiger partial charge on any atom is 0.264 e. The van der Waals surface area contributed by atoms with Crippen LogP contribution in [-0.4, -0.2) is 11.1 Å². The SMILES string of the molecule is O=C1NC(=Nc2ccc(Br)cc2)S/C1=C\c1ccc(-c2ccc(Cl)cc2)o1. The molecule has 0 unspecified atom stereocenters. The molecule has 1 aromatic heterocycles. The van der Waals surface area contributed by atoms with Crippen LogP contribution >= 0.6 is 39.3 Å². The van der Waals surface area contributed by atoms with Gasteiger partial charge in [-0.25, -0.2) is 4.99 Å². The maximum absolute atomic E-state index is 12.2. The van der Waals surface area contributed by atoms with Crippen molar-refractivity contribution in [1.82, 2.24) is 5.32 Å². The zero-order valence-corrected chi connectivity index (χ0v) is 16.9. The number of aliphatic imine (C=N–C) groups is 1. The summed E-state index contributed by atoms with van der Waals surface area (Å²) in [6.45, 7) is 0. The summed E-state index contributed by atoms with van der Waals surface area (Å²) in [5.74, 6) is 1.12. The number of carbonyl (C=O) groups is 1. The first-order valence-electron chi connectivity index (χ1n) is 7.98. The number of carbonyl (C=O) groups excluding carboxylic acids is 1. The third-order valence-electron chi connectivity index (χ3n) is 3.74. The van der Waals surface area contributed by atoms with Gasteiger partial charge in [-0.3, -0.25) is 4.79 Å². The van der Waals surface area contributed by atoms with E-state index in [2.05, 4.69) is 26.2 Å². The molecule has 0 spiro atoms. The minimum Gasteiger partial charge on any atom is -0.457 e. The Bertz CT molecular complexity index is 1060. The molecule has 4 rings (SSSR count). The molecule has 1 saturated heterocycles. The van der Waals surface area contributed by atoms with Crippen LogP contribution < -0.4 is 5.32 Å². The number of nitrogens with one attached hydrogen (secondary N) is 1. The van der Waals surface area contributed by atoms with Gasteiger partial charge in [0, 0.05) is 21.1 Å². The smallest absolute Gasteiger partial charge is 0.264 e. The molecule has 134 valence electrons. The molecule has 0 aliphatic carbocycles. The predicted molar refractivity (Wildman–Crippen MR) is 114 cm³/mol. The lowest BCUT2D eigenvalue weighted by Crippen LogP contribution is -2.19. The first-order valence-corrected chi connectivity index (χ1v) is 9.96. The zero-order valence-electron chi connectivity index (χ0n) is 13.8. The summed E-state index contributed by atoms with van der Waals surface area (Å²) in [6.07, 6.45) is 1.71. The quantitative estimate of drug-likeness (QED) is 0.471. The van der Waals surface area contributed by atoms with Gasteiger partial charge < -0.3 is 9.73 Å². The average Bonchev–Trinajstić information content (AvgIpc) is 3.25. The first kappa shape index (κ1) is 18.1. The van der Waals surface area contributed by atoms with Crippen molar-refractivity contribution in [2.24, 2.45) is 4.99 Å². The van der Waals surface area contributed by atoms with E-state index in [1.807, 2.05) is 60.7 Å². The largest absolute Gasteiger partial charge is 0.457 e. The van der Waals surface area contributed by atoms with E-state index in [-0.39, 0.29) is 5.91 Å². The number of furan rings is 1. The van der Waals surface area contributed by atoms with Crippen molar-refractivity contribution in [2.45, 2.75) is 0 Å². The van der Waals surface area contributed by atoms with Gasteiger partial charge in [-0.2, -0.15) is 0 Å². The summed E-state index contributed by atoms with van der Waals surface area (Å²) in [4.78, 5) is 17.2. The number of nitrogens with zero attached hydrogens (tertiary/aromatic N) is 1. The number of benzene rings is 2. The summed E-state index contributed by atoms with van der Waals surface area (Å²) >= 11 is 10.6. The third-order valence-corrected chi connectivity index (χ3v) is 5.43. The van der Waals surface area contributed by atoms with Crippen molar-refractivity contribution in [2.75, 3.05) is 0 Å². The molecule has 4 nitrogen and oxygen atoms in total. The van der Waals surface area contributed by atoms with Crippen LogP contribution in [0.2, 0.25) is 5.02 Å². The van der Waals surface area contributed by atoms with E-state index < -0.39 is 0 Å². The van der Waals surface area contributed by atoms with Gasteiger partial charge in [0.25, 0.3) is 5.91 Å². The molecule has 1 N–H and O–H groups in total. The molecule has 1 fully saturated rings. The molecule has 1 aliphatic heterocycles. The van der Waals surface area contributed by atoms with E-state index >= 15 is 0 Å². The van der Waals surface area contributed by atoms with Crippen LogP contribution in [0.15, 0.2) is 79.5 Å². The number of amides is 1. The highest BCUT2D eigenvalue weighted by atomic mass is 79.9. The van der Waals surface area contributed by atoms with E-state index in [1.54, 1.807) is 6.08 Å². The van der Waals surface area contributed by atoms with E-state index in [4.69, 9.17) is 16.0 Å². The van der Waals surface area contributed by atoms with Gasteiger partial charge in [0.2, 0.25) is 0 Å². The van der Waals surface area contributed by atoms with Gasteiger partial charge in [0.05, 0.1) is 10.6 Å². The Hall–Kier alpha value is -2.28. The number of amidine groups is 1. The molecule has 1 aliphatic rings. The van der Waals surface area contributed by atoms with Crippen molar-refractivity contribution in [1.29, 1.82) is 0 Å². The average molecular weight is 460 g/mol. The van der Waals surface area contributed by atoms with Crippen molar-refractivity contribution in [3.63, 3.8) is 0 Å². The van der Waals surface area contributed by atoms with Crippen LogP contribution in [0, 0.1) is 0 Å². The van der Waals surface area contributed by atoms with Crippen LogP contribution in [0.25, 0.3) is 17.4 Å². The normalized spacial score (nSPS) is 16.9. The number of rotatable bonds is 3. The number of halogens is 2. The lowest BCUT2D eigenvalue weighted by Gasteiger charge is -1.96. The highest BCUT2D eigenvalue weighted by Gasteiger charge is 2.24. The van der Waals surface area contributed by atoms with E-state index in [1.165, 1.54) is 11.8 Å². The standard InChI is InChI=1S/C20H12BrClN2O2S/c21-13-3-7-15(8-4-13)23-20-24-19(25)18(27-20)11-16-9-10-17(26-16)12-1-5-14(22)6-2-12/h1-11H,(H,23,24,25)/b18-11-. The maximum atomic E-state index is 12.2. The Kier molecular flexibility index (Phi) is 5.20. The van der Waals surface area contributed by atoms with E-state index in [9.17, 15) is 4.79 Å². The third kappa shape index (κ3) is 4.35. The molecule has 0 atom stereocenters. The van der Waals surface area contributed by atoms with Gasteiger partial charge in [0.15, 0.2) is 5.17 Å². The fraction of sp³-hybridized carbons (Fsp3) is 0. The van der Waals surface area contributed by atoms with Gasteiger partial charge >= 0.3 is 0 Å². The molecule has 27 heavy (non-hydrogen) atoms. The highest BCUT2D eigenvalue weighted by molar-refractivity contribution is 9.10. The second-order valence-corrected chi connectivity index (χ2v) is 8.05. The van der Waals surface area contributed by atoms with Crippen LogP contribution in [0.4, 0.5) is 5.69 Å². The van der Waals surface area contributed by atoms with Crippen molar-refractivity contribution in [3.05, 3.63) is 80.8 Å². The van der Waals surface area contributed by atoms with Crippen molar-refractivity contribution < 1.29 is 9.21 Å². The number of thioether (sulfide) groups is 1. The molecule has 0 radical (unpaired) electrons. The van der Waals surface area contributed by atoms with Crippen molar-refractivity contribution in [3.8, 4) is 11.3 Å². The summed E-state index contributed by atoms with van der Waals surface area (Å²) in [6, 6.07) is 18.6. The molecular formula is C20H12BrClN2O2S.